The lowest BCUT2D eigenvalue weighted by atomic mass is 9.88. The van der Waals surface area contributed by atoms with E-state index < -0.39 is 26.8 Å². The molecule has 3 fully saturated rings. The fraction of sp³-hybridized carbons (Fsp3) is 0.464. The van der Waals surface area contributed by atoms with Gasteiger partial charge in [-0.3, -0.25) is 14.1 Å². The van der Waals surface area contributed by atoms with Crippen LogP contribution >= 0.6 is 0 Å². The fourth-order valence-corrected chi connectivity index (χ4v) is 7.67. The highest BCUT2D eigenvalue weighted by molar-refractivity contribution is 7.93. The number of nitrogens with one attached hydrogen (secondary N) is 2. The number of ether oxygens (including phenoxy) is 2. The predicted octanol–water partition coefficient (Wildman–Crippen LogP) is 3.97. The molecule has 210 valence electrons. The van der Waals surface area contributed by atoms with Gasteiger partial charge in [-0.05, 0) is 75.5 Å². The zero-order chi connectivity index (χ0) is 27.9. The van der Waals surface area contributed by atoms with E-state index in [-0.39, 0.29) is 39.6 Å². The topological polar surface area (TPSA) is 135 Å². The van der Waals surface area contributed by atoms with Gasteiger partial charge in [0.2, 0.25) is 10.0 Å². The molecular formula is C28H30FN5O5S. The van der Waals surface area contributed by atoms with Crippen LogP contribution in [-0.2, 0) is 14.8 Å². The van der Waals surface area contributed by atoms with Crippen molar-refractivity contribution in [1.29, 1.82) is 5.26 Å². The number of nitrogens with zero attached hydrogens (tertiary/aromatic N) is 3. The molecule has 1 aliphatic carbocycles. The van der Waals surface area contributed by atoms with Crippen molar-refractivity contribution in [3.8, 4) is 17.6 Å². The lowest BCUT2D eigenvalue weighted by molar-refractivity contribution is -0.0196. The van der Waals surface area contributed by atoms with Crippen molar-refractivity contribution in [2.45, 2.75) is 61.8 Å². The summed E-state index contributed by atoms with van der Waals surface area (Å²) in [6, 6.07) is 8.57. The Bertz CT molecular complexity index is 1660. The van der Waals surface area contributed by atoms with Crippen LogP contribution in [0.15, 0.2) is 41.5 Å². The third-order valence-electron chi connectivity index (χ3n) is 8.29. The number of aromatic nitrogens is 2. The second-order valence-corrected chi connectivity index (χ2v) is 12.8. The van der Waals surface area contributed by atoms with E-state index in [4.69, 9.17) is 9.47 Å². The SMILES string of the molecule is N#Cc1c(NS(=O)(=O)C2CCCC2)ccc(F)c1Oc1ccc2ncn([C@H]3COC4(CCNCC4)C3)c(=O)c2c1. The van der Waals surface area contributed by atoms with Gasteiger partial charge in [0, 0.05) is 0 Å². The highest BCUT2D eigenvalue weighted by Crippen LogP contribution is 2.39. The van der Waals surface area contributed by atoms with E-state index in [1.807, 2.05) is 6.07 Å². The van der Waals surface area contributed by atoms with Crippen molar-refractivity contribution in [3.63, 3.8) is 0 Å². The Kier molecular flexibility index (Phi) is 6.98. The molecule has 2 aromatic carbocycles. The zero-order valence-corrected chi connectivity index (χ0v) is 22.7. The van der Waals surface area contributed by atoms with Gasteiger partial charge >= 0.3 is 0 Å². The number of hydrogen-bond acceptors (Lipinski definition) is 8. The van der Waals surface area contributed by atoms with Crippen molar-refractivity contribution >= 4 is 26.6 Å². The van der Waals surface area contributed by atoms with Gasteiger partial charge in [0.05, 0.1) is 46.4 Å². The number of anilines is 1. The number of fused-ring (bicyclic) bond motifs is 1. The molecule has 1 atom stereocenters. The van der Waals surface area contributed by atoms with Gasteiger partial charge in [-0.2, -0.15) is 5.26 Å². The number of benzene rings is 2. The summed E-state index contributed by atoms with van der Waals surface area (Å²) in [5.41, 5.74) is -0.383. The van der Waals surface area contributed by atoms with E-state index in [1.54, 1.807) is 10.6 Å². The van der Waals surface area contributed by atoms with Crippen LogP contribution in [0.25, 0.3) is 10.9 Å². The second-order valence-electron chi connectivity index (χ2n) is 10.8. The molecule has 1 aromatic heterocycles. The maximum absolute atomic E-state index is 14.9. The van der Waals surface area contributed by atoms with Crippen LogP contribution in [0.4, 0.5) is 10.1 Å². The third-order valence-corrected chi connectivity index (χ3v) is 10.1. The van der Waals surface area contributed by atoms with Crippen LogP contribution in [0.3, 0.4) is 0 Å². The summed E-state index contributed by atoms with van der Waals surface area (Å²) in [7, 11) is -3.75. The Morgan fingerprint density at radius 3 is 2.73 bits per heavy atom. The number of sulfonamides is 1. The molecule has 2 saturated heterocycles. The van der Waals surface area contributed by atoms with Gasteiger partial charge in [-0.15, -0.1) is 0 Å². The molecule has 40 heavy (non-hydrogen) atoms. The number of halogens is 1. The molecule has 0 bridgehead atoms. The number of nitriles is 1. The van der Waals surface area contributed by atoms with E-state index in [0.29, 0.717) is 25.0 Å². The molecule has 3 aromatic rings. The molecule has 1 saturated carbocycles. The van der Waals surface area contributed by atoms with Gasteiger partial charge < -0.3 is 14.8 Å². The molecule has 6 rings (SSSR count). The van der Waals surface area contributed by atoms with Gasteiger partial charge in [-0.25, -0.2) is 17.8 Å². The summed E-state index contributed by atoms with van der Waals surface area (Å²) in [5.74, 6) is -1.14. The van der Waals surface area contributed by atoms with Crippen LogP contribution in [0.2, 0.25) is 0 Å². The Balaban J connectivity index is 1.30. The molecule has 3 heterocycles. The molecule has 0 unspecified atom stereocenters. The quantitative estimate of drug-likeness (QED) is 0.457. The first-order valence-electron chi connectivity index (χ1n) is 13.6. The Morgan fingerprint density at radius 2 is 1.98 bits per heavy atom. The monoisotopic (exact) mass is 567 g/mol. The molecule has 2 N–H and O–H groups in total. The minimum absolute atomic E-state index is 0.0521. The second kappa shape index (κ2) is 10.5. The normalized spacial score (nSPS) is 21.1. The average molecular weight is 568 g/mol. The average Bonchev–Trinajstić information content (AvgIpc) is 3.63. The molecule has 1 spiro atoms. The highest BCUT2D eigenvalue weighted by Gasteiger charge is 2.42. The van der Waals surface area contributed by atoms with Crippen LogP contribution in [0.5, 0.6) is 11.5 Å². The summed E-state index contributed by atoms with van der Waals surface area (Å²) >= 11 is 0. The summed E-state index contributed by atoms with van der Waals surface area (Å²) in [5, 5.41) is 12.9. The van der Waals surface area contributed by atoms with E-state index >= 15 is 0 Å². The molecular weight excluding hydrogens is 537 g/mol. The van der Waals surface area contributed by atoms with Crippen molar-refractivity contribution in [1.82, 2.24) is 14.9 Å². The minimum atomic E-state index is -3.75. The zero-order valence-electron chi connectivity index (χ0n) is 21.9. The molecule has 0 radical (unpaired) electrons. The molecule has 2 aliphatic heterocycles. The standard InChI is InChI=1S/C28H30FN5O5S/c29-23-6-8-25(33-40(36,37)20-3-1-2-4-20)22(15-30)26(23)39-19-5-7-24-21(13-19)27(35)34(17-32-24)18-14-28(38-16-18)9-11-31-12-10-28/h5-8,13,17-18,20,31,33H,1-4,9-12,14,16H2/t18-/m1/s1. The molecule has 12 heteroatoms. The van der Waals surface area contributed by atoms with Crippen molar-refractivity contribution in [2.75, 3.05) is 24.4 Å². The summed E-state index contributed by atoms with van der Waals surface area (Å²) in [6.45, 7) is 2.18. The lowest BCUT2D eigenvalue weighted by Crippen LogP contribution is -2.41. The maximum atomic E-state index is 14.9. The van der Waals surface area contributed by atoms with E-state index in [2.05, 4.69) is 15.0 Å². The van der Waals surface area contributed by atoms with Crippen molar-refractivity contribution < 1.29 is 22.3 Å². The highest BCUT2D eigenvalue weighted by atomic mass is 32.2. The first kappa shape index (κ1) is 26.7. The minimum Gasteiger partial charge on any atom is -0.453 e. The largest absolute Gasteiger partial charge is 0.453 e. The first-order valence-corrected chi connectivity index (χ1v) is 15.1. The summed E-state index contributed by atoms with van der Waals surface area (Å²) in [4.78, 5) is 18.0. The van der Waals surface area contributed by atoms with Crippen LogP contribution in [0.1, 0.15) is 56.6 Å². The van der Waals surface area contributed by atoms with E-state index in [9.17, 15) is 22.9 Å². The van der Waals surface area contributed by atoms with Crippen molar-refractivity contribution in [3.05, 3.63) is 58.4 Å². The first-order chi connectivity index (χ1) is 19.3. The van der Waals surface area contributed by atoms with Gasteiger partial charge in [0.25, 0.3) is 5.56 Å². The van der Waals surface area contributed by atoms with Crippen molar-refractivity contribution in [2.24, 2.45) is 0 Å². The lowest BCUT2D eigenvalue weighted by Gasteiger charge is -2.32. The fourth-order valence-electron chi connectivity index (χ4n) is 6.07. The molecule has 3 aliphatic rings. The van der Waals surface area contributed by atoms with Gasteiger partial charge in [0.15, 0.2) is 11.6 Å². The van der Waals surface area contributed by atoms with Gasteiger partial charge in [-0.1, -0.05) is 12.8 Å². The Hall–Kier alpha value is -3.53. The van der Waals surface area contributed by atoms with Crippen LogP contribution in [-0.4, -0.2) is 48.5 Å². The molecule has 10 nitrogen and oxygen atoms in total. The van der Waals surface area contributed by atoms with Crippen LogP contribution < -0.4 is 20.3 Å². The summed E-state index contributed by atoms with van der Waals surface area (Å²) in [6.07, 6.45) is 6.74. The van der Waals surface area contributed by atoms with Gasteiger partial charge in [0.1, 0.15) is 17.4 Å². The number of rotatable bonds is 6. The Labute approximate surface area is 231 Å². The molecule has 0 amide bonds. The maximum Gasteiger partial charge on any atom is 0.261 e. The van der Waals surface area contributed by atoms with E-state index in [0.717, 1.165) is 51.3 Å². The summed E-state index contributed by atoms with van der Waals surface area (Å²) < 4.78 is 56.6. The van der Waals surface area contributed by atoms with E-state index in [1.165, 1.54) is 24.5 Å². The predicted molar refractivity (Wildman–Crippen MR) is 146 cm³/mol. The van der Waals surface area contributed by atoms with Crippen LogP contribution in [0, 0.1) is 17.1 Å². The number of piperidine rings is 1. The Morgan fingerprint density at radius 1 is 1.20 bits per heavy atom. The smallest absolute Gasteiger partial charge is 0.261 e. The number of hydrogen-bond donors (Lipinski definition) is 2. The third kappa shape index (κ3) is 4.93.